The van der Waals surface area contributed by atoms with Crippen LogP contribution >= 0.6 is 11.3 Å². The molecule has 2 bridgehead atoms. The summed E-state index contributed by atoms with van der Waals surface area (Å²) in [5.74, 6) is 2.46. The molecule has 2 nitrogen and oxygen atoms in total. The number of nitrogens with two attached hydrogens (primary N) is 1. The highest BCUT2D eigenvalue weighted by molar-refractivity contribution is 7.10. The first-order chi connectivity index (χ1) is 8.66. The Morgan fingerprint density at radius 2 is 2.22 bits per heavy atom. The fraction of sp³-hybridized carbons (Fsp3) is 0.733. The summed E-state index contributed by atoms with van der Waals surface area (Å²) in [5.41, 5.74) is 6.41. The molecule has 18 heavy (non-hydrogen) atoms. The average molecular weight is 264 g/mol. The van der Waals surface area contributed by atoms with Crippen molar-refractivity contribution in [2.24, 2.45) is 23.5 Å². The van der Waals surface area contributed by atoms with Gasteiger partial charge in [-0.25, -0.2) is 0 Å². The third-order valence-corrected chi connectivity index (χ3v) is 6.32. The van der Waals surface area contributed by atoms with Gasteiger partial charge in [0, 0.05) is 23.5 Å². The third-order valence-electron chi connectivity index (χ3n) is 5.27. The number of hydrogen-bond acceptors (Lipinski definition) is 3. The van der Waals surface area contributed by atoms with E-state index in [1.165, 1.54) is 30.7 Å². The van der Waals surface area contributed by atoms with Gasteiger partial charge in [-0.05, 0) is 62.4 Å². The van der Waals surface area contributed by atoms with Crippen molar-refractivity contribution in [2.75, 3.05) is 13.6 Å². The van der Waals surface area contributed by atoms with E-state index < -0.39 is 0 Å². The van der Waals surface area contributed by atoms with Gasteiger partial charge < -0.3 is 5.73 Å². The lowest BCUT2D eigenvalue weighted by Crippen LogP contribution is -2.42. The van der Waals surface area contributed by atoms with Crippen molar-refractivity contribution in [3.8, 4) is 0 Å². The van der Waals surface area contributed by atoms with Gasteiger partial charge in [0.15, 0.2) is 0 Å². The molecule has 5 atom stereocenters. The van der Waals surface area contributed by atoms with Crippen LogP contribution in [0.2, 0.25) is 0 Å². The maximum Gasteiger partial charge on any atom is 0.0410 e. The van der Waals surface area contributed by atoms with Crippen LogP contribution in [0, 0.1) is 17.8 Å². The smallest absolute Gasteiger partial charge is 0.0410 e. The predicted octanol–water partition coefficient (Wildman–Crippen LogP) is 3.11. The van der Waals surface area contributed by atoms with E-state index in [1.54, 1.807) is 0 Å². The van der Waals surface area contributed by atoms with E-state index in [0.29, 0.717) is 12.1 Å². The van der Waals surface area contributed by atoms with Gasteiger partial charge in [0.2, 0.25) is 0 Å². The molecule has 1 aromatic rings. The molecule has 1 aromatic heterocycles. The largest absolute Gasteiger partial charge is 0.327 e. The van der Waals surface area contributed by atoms with Crippen molar-refractivity contribution in [1.82, 2.24) is 4.90 Å². The zero-order valence-corrected chi connectivity index (χ0v) is 12.2. The van der Waals surface area contributed by atoms with E-state index in [9.17, 15) is 0 Å². The van der Waals surface area contributed by atoms with Crippen LogP contribution in [0.25, 0.3) is 0 Å². The van der Waals surface area contributed by atoms with E-state index in [0.717, 1.165) is 17.8 Å². The molecular weight excluding hydrogens is 240 g/mol. The SMILES string of the molecule is CC(c1cccs1)N(C)CC1C2CCC(C2)C1N. The minimum atomic E-state index is 0.460. The summed E-state index contributed by atoms with van der Waals surface area (Å²) in [6.45, 7) is 3.48. The standard InChI is InChI=1S/C15H24N2S/c1-10(14-4-3-7-18-14)17(2)9-13-11-5-6-12(8-11)15(13)16/h3-4,7,10-13,15H,5-6,8-9,16H2,1-2H3. The maximum atomic E-state index is 6.41. The molecule has 0 radical (unpaired) electrons. The molecule has 2 aliphatic carbocycles. The van der Waals surface area contributed by atoms with Gasteiger partial charge in [0.1, 0.15) is 0 Å². The molecule has 100 valence electrons. The fourth-order valence-electron chi connectivity index (χ4n) is 3.96. The molecule has 2 N–H and O–H groups in total. The molecule has 3 heteroatoms. The van der Waals surface area contributed by atoms with Crippen LogP contribution in [-0.2, 0) is 0 Å². The summed E-state index contributed by atoms with van der Waals surface area (Å²) in [6, 6.07) is 5.37. The molecule has 0 spiro atoms. The van der Waals surface area contributed by atoms with Gasteiger partial charge >= 0.3 is 0 Å². The Labute approximate surface area is 114 Å². The summed E-state index contributed by atoms with van der Waals surface area (Å²) in [6.07, 6.45) is 4.20. The van der Waals surface area contributed by atoms with E-state index >= 15 is 0 Å². The first-order valence-electron chi connectivity index (χ1n) is 7.16. The number of thiophene rings is 1. The highest BCUT2D eigenvalue weighted by Crippen LogP contribution is 2.48. The Kier molecular flexibility index (Phi) is 3.48. The first kappa shape index (κ1) is 12.6. The van der Waals surface area contributed by atoms with Gasteiger partial charge in [-0.1, -0.05) is 6.07 Å². The molecule has 5 unspecified atom stereocenters. The summed E-state index contributed by atoms with van der Waals surface area (Å²) in [5, 5.41) is 2.17. The van der Waals surface area contributed by atoms with Crippen molar-refractivity contribution >= 4 is 11.3 Å². The monoisotopic (exact) mass is 264 g/mol. The van der Waals surface area contributed by atoms with Crippen LogP contribution in [0.5, 0.6) is 0 Å². The normalized spacial score (nSPS) is 36.4. The Morgan fingerprint density at radius 3 is 2.83 bits per heavy atom. The summed E-state index contributed by atoms with van der Waals surface area (Å²) in [7, 11) is 2.25. The zero-order valence-electron chi connectivity index (χ0n) is 11.4. The Balaban J connectivity index is 1.63. The van der Waals surface area contributed by atoms with Crippen molar-refractivity contribution in [3.05, 3.63) is 22.4 Å². The number of fused-ring (bicyclic) bond motifs is 2. The summed E-state index contributed by atoms with van der Waals surface area (Å²) < 4.78 is 0. The minimum absolute atomic E-state index is 0.460. The lowest BCUT2D eigenvalue weighted by Gasteiger charge is -2.34. The topological polar surface area (TPSA) is 29.3 Å². The highest BCUT2D eigenvalue weighted by atomic mass is 32.1. The third kappa shape index (κ3) is 2.13. The number of nitrogens with zero attached hydrogens (tertiary/aromatic N) is 1. The first-order valence-corrected chi connectivity index (χ1v) is 8.04. The van der Waals surface area contributed by atoms with Crippen LogP contribution in [0.3, 0.4) is 0 Å². The molecule has 2 saturated carbocycles. The van der Waals surface area contributed by atoms with Crippen LogP contribution in [-0.4, -0.2) is 24.5 Å². The molecule has 1 heterocycles. The highest BCUT2D eigenvalue weighted by Gasteiger charge is 2.45. The molecule has 0 aliphatic heterocycles. The van der Waals surface area contributed by atoms with E-state index in [-0.39, 0.29) is 0 Å². The second kappa shape index (κ2) is 4.95. The lowest BCUT2D eigenvalue weighted by molar-refractivity contribution is 0.168. The maximum absolute atomic E-state index is 6.41. The summed E-state index contributed by atoms with van der Waals surface area (Å²) >= 11 is 1.86. The lowest BCUT2D eigenvalue weighted by atomic mass is 9.84. The fourth-order valence-corrected chi connectivity index (χ4v) is 4.81. The van der Waals surface area contributed by atoms with Crippen LogP contribution < -0.4 is 5.73 Å². The van der Waals surface area contributed by atoms with Crippen LogP contribution in [0.4, 0.5) is 0 Å². The van der Waals surface area contributed by atoms with E-state index in [2.05, 4.69) is 36.4 Å². The van der Waals surface area contributed by atoms with Crippen molar-refractivity contribution in [1.29, 1.82) is 0 Å². The molecule has 3 rings (SSSR count). The molecule has 0 saturated heterocycles. The van der Waals surface area contributed by atoms with E-state index in [1.807, 2.05) is 11.3 Å². The second-order valence-corrected chi connectivity index (χ2v) is 7.18. The minimum Gasteiger partial charge on any atom is -0.327 e. The number of rotatable bonds is 4. The average Bonchev–Trinajstić information content (AvgIpc) is 3.06. The van der Waals surface area contributed by atoms with Crippen molar-refractivity contribution < 1.29 is 0 Å². The summed E-state index contributed by atoms with van der Waals surface area (Å²) in [4.78, 5) is 3.96. The molecule has 2 aliphatic rings. The quantitative estimate of drug-likeness (QED) is 0.905. The molecule has 0 amide bonds. The Hall–Kier alpha value is -0.380. The molecule has 0 aromatic carbocycles. The predicted molar refractivity (Wildman–Crippen MR) is 77.7 cm³/mol. The van der Waals surface area contributed by atoms with Crippen molar-refractivity contribution in [2.45, 2.75) is 38.3 Å². The second-order valence-electron chi connectivity index (χ2n) is 6.21. The van der Waals surface area contributed by atoms with Gasteiger partial charge in [0.25, 0.3) is 0 Å². The molecular formula is C15H24N2S. The van der Waals surface area contributed by atoms with Crippen molar-refractivity contribution in [3.63, 3.8) is 0 Å². The van der Waals surface area contributed by atoms with Gasteiger partial charge in [-0.15, -0.1) is 11.3 Å². The zero-order chi connectivity index (χ0) is 12.7. The van der Waals surface area contributed by atoms with Crippen LogP contribution in [0.15, 0.2) is 17.5 Å². The van der Waals surface area contributed by atoms with Gasteiger partial charge in [-0.3, -0.25) is 4.90 Å². The molecule has 2 fully saturated rings. The van der Waals surface area contributed by atoms with Gasteiger partial charge in [0.05, 0.1) is 0 Å². The van der Waals surface area contributed by atoms with E-state index in [4.69, 9.17) is 5.73 Å². The van der Waals surface area contributed by atoms with Crippen LogP contribution in [0.1, 0.15) is 37.1 Å². The Morgan fingerprint density at radius 1 is 1.44 bits per heavy atom. The Bertz CT molecular complexity index is 387. The van der Waals surface area contributed by atoms with Gasteiger partial charge in [-0.2, -0.15) is 0 Å². The number of hydrogen-bond donors (Lipinski definition) is 1.